The molecule has 0 aliphatic heterocycles. The Morgan fingerprint density at radius 2 is 1.23 bits per heavy atom. The van der Waals surface area contributed by atoms with Crippen LogP contribution in [0.15, 0.2) is 36.4 Å². The lowest BCUT2D eigenvalue weighted by atomic mass is 10.0. The SMILES string of the molecule is CCOc1cc(C(N)CC)ccc1C.CCOc1cc(C(N)CS(C)(=O)=O)ccc1C. The summed E-state index contributed by atoms with van der Waals surface area (Å²) in [5.74, 6) is 1.66. The highest BCUT2D eigenvalue weighted by Gasteiger charge is 2.14. The van der Waals surface area contributed by atoms with Crippen LogP contribution in [0.4, 0.5) is 0 Å². The van der Waals surface area contributed by atoms with Crippen LogP contribution < -0.4 is 20.9 Å². The number of hydrogen-bond acceptors (Lipinski definition) is 6. The monoisotopic (exact) mass is 450 g/mol. The summed E-state index contributed by atoms with van der Waals surface area (Å²) in [6.45, 7) is 11.2. The van der Waals surface area contributed by atoms with Crippen molar-refractivity contribution in [3.05, 3.63) is 58.7 Å². The number of benzene rings is 2. The molecule has 6 nitrogen and oxygen atoms in total. The van der Waals surface area contributed by atoms with Gasteiger partial charge in [-0.15, -0.1) is 0 Å². The molecular formula is C24H38N2O4S. The van der Waals surface area contributed by atoms with Crippen LogP contribution in [0.1, 0.15) is 61.5 Å². The van der Waals surface area contributed by atoms with Crippen molar-refractivity contribution in [2.45, 2.75) is 53.1 Å². The zero-order chi connectivity index (χ0) is 23.6. The van der Waals surface area contributed by atoms with Crippen LogP contribution in [0.2, 0.25) is 0 Å². The number of hydrogen-bond donors (Lipinski definition) is 2. The van der Waals surface area contributed by atoms with E-state index in [0.717, 1.165) is 34.6 Å². The molecule has 4 N–H and O–H groups in total. The van der Waals surface area contributed by atoms with Crippen LogP contribution in [-0.2, 0) is 9.84 Å². The van der Waals surface area contributed by atoms with Crippen molar-refractivity contribution in [1.82, 2.24) is 0 Å². The van der Waals surface area contributed by atoms with Gasteiger partial charge in [-0.25, -0.2) is 8.42 Å². The number of rotatable bonds is 9. The number of aryl methyl sites for hydroxylation is 2. The summed E-state index contributed by atoms with van der Waals surface area (Å²) < 4.78 is 33.3. The Bertz CT molecular complexity index is 929. The van der Waals surface area contributed by atoms with Crippen LogP contribution in [0.3, 0.4) is 0 Å². The van der Waals surface area contributed by atoms with E-state index in [2.05, 4.69) is 19.1 Å². The van der Waals surface area contributed by atoms with E-state index in [1.54, 1.807) is 0 Å². The molecule has 0 saturated heterocycles. The van der Waals surface area contributed by atoms with Gasteiger partial charge in [-0.1, -0.05) is 31.2 Å². The second-order valence-corrected chi connectivity index (χ2v) is 9.81. The van der Waals surface area contributed by atoms with E-state index in [0.29, 0.717) is 13.2 Å². The lowest BCUT2D eigenvalue weighted by Gasteiger charge is -2.14. The van der Waals surface area contributed by atoms with Gasteiger partial charge in [-0.05, 0) is 68.5 Å². The van der Waals surface area contributed by atoms with Gasteiger partial charge in [-0.3, -0.25) is 0 Å². The predicted octanol–water partition coefficient (Wildman–Crippen LogP) is 4.24. The third-order valence-corrected chi connectivity index (χ3v) is 5.77. The Balaban J connectivity index is 0.000000316. The van der Waals surface area contributed by atoms with Gasteiger partial charge in [-0.2, -0.15) is 0 Å². The molecule has 0 fully saturated rings. The molecule has 0 spiro atoms. The highest BCUT2D eigenvalue weighted by Crippen LogP contribution is 2.24. The molecule has 2 aromatic carbocycles. The first-order valence-electron chi connectivity index (χ1n) is 10.7. The largest absolute Gasteiger partial charge is 0.494 e. The lowest BCUT2D eigenvalue weighted by Crippen LogP contribution is -2.20. The second-order valence-electron chi connectivity index (χ2n) is 7.63. The van der Waals surface area contributed by atoms with Crippen LogP contribution >= 0.6 is 0 Å². The average Bonchev–Trinajstić information content (AvgIpc) is 2.70. The standard InChI is InChI=1S/C12H19NO3S.C12H19NO/c1-4-16-12-7-10(6-5-9(12)2)11(13)8-17(3,14)15;1-4-11(13)10-7-6-9(3)12(8-10)14-5-2/h5-7,11H,4,8,13H2,1-3H3;6-8,11H,4-5,13H2,1-3H3. The fraction of sp³-hybridized carbons (Fsp3) is 0.500. The fourth-order valence-electron chi connectivity index (χ4n) is 2.97. The molecule has 0 heterocycles. The first-order valence-corrected chi connectivity index (χ1v) is 12.7. The predicted molar refractivity (Wildman–Crippen MR) is 129 cm³/mol. The molecule has 174 valence electrons. The fourth-order valence-corrected chi connectivity index (χ4v) is 3.82. The summed E-state index contributed by atoms with van der Waals surface area (Å²) in [6.07, 6.45) is 2.14. The van der Waals surface area contributed by atoms with E-state index in [-0.39, 0.29) is 11.8 Å². The molecule has 0 amide bonds. The van der Waals surface area contributed by atoms with Gasteiger partial charge in [0.05, 0.1) is 19.0 Å². The van der Waals surface area contributed by atoms with Crippen molar-refractivity contribution in [3.63, 3.8) is 0 Å². The van der Waals surface area contributed by atoms with Crippen molar-refractivity contribution >= 4 is 9.84 Å². The first kappa shape index (κ1) is 26.9. The second kappa shape index (κ2) is 12.7. The number of nitrogens with two attached hydrogens (primary N) is 2. The smallest absolute Gasteiger partial charge is 0.149 e. The molecule has 31 heavy (non-hydrogen) atoms. The molecule has 0 radical (unpaired) electrons. The van der Waals surface area contributed by atoms with Crippen molar-refractivity contribution in [2.75, 3.05) is 25.2 Å². The molecule has 2 atom stereocenters. The van der Waals surface area contributed by atoms with Crippen molar-refractivity contribution in [3.8, 4) is 11.5 Å². The Morgan fingerprint density at radius 3 is 1.58 bits per heavy atom. The van der Waals surface area contributed by atoms with Crippen LogP contribution in [0.25, 0.3) is 0 Å². The molecule has 2 rings (SSSR count). The Morgan fingerprint density at radius 1 is 0.806 bits per heavy atom. The summed E-state index contributed by atoms with van der Waals surface area (Å²) in [4.78, 5) is 0. The van der Waals surface area contributed by atoms with Crippen molar-refractivity contribution in [2.24, 2.45) is 11.5 Å². The summed E-state index contributed by atoms with van der Waals surface area (Å²) in [5, 5.41) is 0. The minimum absolute atomic E-state index is 0.0539. The van der Waals surface area contributed by atoms with E-state index >= 15 is 0 Å². The van der Waals surface area contributed by atoms with E-state index < -0.39 is 15.9 Å². The van der Waals surface area contributed by atoms with Crippen LogP contribution in [0.5, 0.6) is 11.5 Å². The summed E-state index contributed by atoms with van der Waals surface area (Å²) in [6, 6.07) is 11.3. The molecule has 0 aromatic heterocycles. The highest BCUT2D eigenvalue weighted by molar-refractivity contribution is 7.90. The molecule has 2 aromatic rings. The van der Waals surface area contributed by atoms with E-state index in [1.807, 2.05) is 52.0 Å². The highest BCUT2D eigenvalue weighted by atomic mass is 32.2. The summed E-state index contributed by atoms with van der Waals surface area (Å²) in [5.41, 5.74) is 15.9. The average molecular weight is 451 g/mol. The van der Waals surface area contributed by atoms with Crippen LogP contribution in [-0.4, -0.2) is 33.6 Å². The molecule has 7 heteroatoms. The molecular weight excluding hydrogens is 412 g/mol. The summed E-state index contributed by atoms with van der Waals surface area (Å²) in [7, 11) is -3.07. The quantitative estimate of drug-likeness (QED) is 0.592. The summed E-state index contributed by atoms with van der Waals surface area (Å²) >= 11 is 0. The van der Waals surface area contributed by atoms with Crippen molar-refractivity contribution in [1.29, 1.82) is 0 Å². The van der Waals surface area contributed by atoms with Gasteiger partial charge in [0.1, 0.15) is 21.3 Å². The molecule has 0 bridgehead atoms. The maximum atomic E-state index is 11.2. The third kappa shape index (κ3) is 9.29. The Kier molecular flexibility index (Phi) is 11.0. The molecule has 0 aliphatic carbocycles. The van der Waals surface area contributed by atoms with Gasteiger partial charge >= 0.3 is 0 Å². The number of ether oxygens (including phenoxy) is 2. The molecule has 0 saturated carbocycles. The maximum Gasteiger partial charge on any atom is 0.149 e. The van der Waals surface area contributed by atoms with Gasteiger partial charge in [0, 0.05) is 18.3 Å². The minimum Gasteiger partial charge on any atom is -0.494 e. The Labute approximate surface area is 187 Å². The van der Waals surface area contributed by atoms with Gasteiger partial charge in [0.25, 0.3) is 0 Å². The molecule has 0 aliphatic rings. The van der Waals surface area contributed by atoms with E-state index in [1.165, 1.54) is 11.8 Å². The third-order valence-electron chi connectivity index (χ3n) is 4.80. The minimum atomic E-state index is -3.07. The normalized spacial score (nSPS) is 13.0. The lowest BCUT2D eigenvalue weighted by molar-refractivity contribution is 0.337. The number of sulfone groups is 1. The van der Waals surface area contributed by atoms with E-state index in [4.69, 9.17) is 20.9 Å². The van der Waals surface area contributed by atoms with Crippen LogP contribution in [0, 0.1) is 13.8 Å². The van der Waals surface area contributed by atoms with Gasteiger partial charge in [0.2, 0.25) is 0 Å². The molecule has 2 unspecified atom stereocenters. The van der Waals surface area contributed by atoms with Gasteiger partial charge in [0.15, 0.2) is 0 Å². The zero-order valence-corrected chi connectivity index (χ0v) is 20.5. The Hall–Kier alpha value is -2.09. The van der Waals surface area contributed by atoms with Gasteiger partial charge < -0.3 is 20.9 Å². The topological polar surface area (TPSA) is 105 Å². The first-order chi connectivity index (χ1) is 14.5. The maximum absolute atomic E-state index is 11.2. The zero-order valence-electron chi connectivity index (χ0n) is 19.6. The van der Waals surface area contributed by atoms with Crippen molar-refractivity contribution < 1.29 is 17.9 Å². The van der Waals surface area contributed by atoms with E-state index in [9.17, 15) is 8.42 Å².